The van der Waals surface area contributed by atoms with Gasteiger partial charge in [0, 0.05) is 0 Å². The molecule has 11 heavy (non-hydrogen) atoms. The van der Waals surface area contributed by atoms with Crippen molar-refractivity contribution in [3.8, 4) is 0 Å². The van der Waals surface area contributed by atoms with Gasteiger partial charge in [0.1, 0.15) is 0 Å². The zero-order valence-corrected chi connectivity index (χ0v) is 5.68. The monoisotopic (exact) mass is 165 g/mol. The lowest BCUT2D eigenvalue weighted by Crippen LogP contribution is -1.99. The molecule has 7 nitrogen and oxygen atoms in total. The minimum absolute atomic E-state index is 0.236. The first-order chi connectivity index (χ1) is 4.91. The molecule has 0 aromatic carbocycles. The molecule has 0 rings (SSSR count). The topological polar surface area (TPSA) is 110 Å². The Kier molecular flexibility index (Phi) is 6.87. The molecule has 0 spiro atoms. The summed E-state index contributed by atoms with van der Waals surface area (Å²) >= 11 is 0. The van der Waals surface area contributed by atoms with Crippen LogP contribution < -0.4 is 0 Å². The van der Waals surface area contributed by atoms with Gasteiger partial charge in [0.25, 0.3) is 5.09 Å². The van der Waals surface area contributed by atoms with Crippen LogP contribution in [0.1, 0.15) is 0 Å². The lowest BCUT2D eigenvalue weighted by atomic mass is 10.6. The Labute approximate surface area is 61.6 Å². The third-order valence-electron chi connectivity index (χ3n) is 0.485. The van der Waals surface area contributed by atoms with Crippen LogP contribution in [0.15, 0.2) is 12.3 Å². The zero-order valence-electron chi connectivity index (χ0n) is 5.68. The second-order valence-corrected chi connectivity index (χ2v) is 1.17. The predicted octanol–water partition coefficient (Wildman–Crippen LogP) is -0.117. The van der Waals surface area contributed by atoms with Crippen molar-refractivity contribution in [3.05, 3.63) is 22.5 Å². The first kappa shape index (κ1) is 11.9. The van der Waals surface area contributed by atoms with E-state index in [1.807, 2.05) is 0 Å². The van der Waals surface area contributed by atoms with Gasteiger partial charge in [0.15, 0.2) is 5.76 Å². The van der Waals surface area contributed by atoms with Gasteiger partial charge >= 0.3 is 5.97 Å². The van der Waals surface area contributed by atoms with Crippen LogP contribution in [0.5, 0.6) is 0 Å². The normalized spacial score (nSPS) is 7.00. The van der Waals surface area contributed by atoms with Crippen molar-refractivity contribution >= 4 is 5.97 Å². The van der Waals surface area contributed by atoms with Gasteiger partial charge in [-0.25, -0.2) is 4.79 Å². The molecule has 0 aliphatic heterocycles. The number of rotatable bonds is 2. The maximum absolute atomic E-state index is 9.71. The van der Waals surface area contributed by atoms with Crippen molar-refractivity contribution in [2.45, 2.75) is 0 Å². The average Bonchev–Trinajstić information content (AvgIpc) is 1.85. The van der Waals surface area contributed by atoms with Crippen LogP contribution in [-0.2, 0) is 9.53 Å². The SMILES string of the molecule is C=C(OC)C(=O)O.O=[N+]([O-])O. The third kappa shape index (κ3) is 17.9. The van der Waals surface area contributed by atoms with Gasteiger partial charge in [-0.15, -0.1) is 10.1 Å². The van der Waals surface area contributed by atoms with Crippen LogP contribution in [0.3, 0.4) is 0 Å². The van der Waals surface area contributed by atoms with E-state index < -0.39 is 11.1 Å². The highest BCUT2D eigenvalue weighted by atomic mass is 16.9. The Morgan fingerprint density at radius 2 is 2.00 bits per heavy atom. The summed E-state index contributed by atoms with van der Waals surface area (Å²) in [5, 5.41) is 21.6. The number of aliphatic carboxylic acids is 1. The molecule has 0 aromatic rings. The second-order valence-electron chi connectivity index (χ2n) is 1.17. The van der Waals surface area contributed by atoms with Crippen LogP contribution >= 0.6 is 0 Å². The summed E-state index contributed by atoms with van der Waals surface area (Å²) in [7, 11) is 1.26. The highest BCUT2D eigenvalue weighted by molar-refractivity contribution is 5.83. The molecule has 7 heteroatoms. The van der Waals surface area contributed by atoms with Gasteiger partial charge in [0.2, 0.25) is 0 Å². The molecular weight excluding hydrogens is 158 g/mol. The lowest BCUT2D eigenvalue weighted by molar-refractivity contribution is -0.742. The Morgan fingerprint density at radius 1 is 1.73 bits per heavy atom. The maximum atomic E-state index is 9.71. The number of nitrogens with zero attached hydrogens (tertiary/aromatic N) is 1. The first-order valence-electron chi connectivity index (χ1n) is 2.21. The standard InChI is InChI=1S/C4H6O3.HNO3/c1-3(7-2)4(5)6;2-1(3)4/h1H2,2H3,(H,5,6);(H,2,3,4). The van der Waals surface area contributed by atoms with E-state index >= 15 is 0 Å². The fourth-order valence-electron chi connectivity index (χ4n) is 0.0873. The van der Waals surface area contributed by atoms with Gasteiger partial charge in [-0.05, 0) is 6.58 Å². The maximum Gasteiger partial charge on any atom is 0.370 e. The van der Waals surface area contributed by atoms with E-state index in [0.29, 0.717) is 0 Å². The summed E-state index contributed by atoms with van der Waals surface area (Å²) < 4.78 is 4.22. The molecule has 2 N–H and O–H groups in total. The number of carbonyl (C=O) groups is 1. The van der Waals surface area contributed by atoms with Crippen molar-refractivity contribution in [1.29, 1.82) is 0 Å². The summed E-state index contributed by atoms with van der Waals surface area (Å²) in [4.78, 5) is 18.1. The first-order valence-corrected chi connectivity index (χ1v) is 2.21. The molecule has 0 fully saturated rings. The molecule has 0 atom stereocenters. The van der Waals surface area contributed by atoms with Gasteiger partial charge < -0.3 is 15.1 Å². The number of hydrogen-bond acceptors (Lipinski definition) is 4. The number of methoxy groups -OCH3 is 1. The van der Waals surface area contributed by atoms with Crippen LogP contribution in [0, 0.1) is 10.1 Å². The van der Waals surface area contributed by atoms with Crippen molar-refractivity contribution in [2.75, 3.05) is 7.11 Å². The minimum atomic E-state index is -1.50. The third-order valence-corrected chi connectivity index (χ3v) is 0.485. The smallest absolute Gasteiger partial charge is 0.370 e. The Hall–Kier alpha value is -1.79. The molecule has 0 aliphatic rings. The molecule has 0 aromatic heterocycles. The van der Waals surface area contributed by atoms with E-state index in [1.165, 1.54) is 7.11 Å². The van der Waals surface area contributed by atoms with Gasteiger partial charge in [-0.1, -0.05) is 0 Å². The van der Waals surface area contributed by atoms with E-state index in [9.17, 15) is 4.79 Å². The summed E-state index contributed by atoms with van der Waals surface area (Å²) in [5.74, 6) is -1.36. The molecular formula is C4H7NO6. The largest absolute Gasteiger partial charge is 0.490 e. The molecule has 0 saturated carbocycles. The molecule has 0 aliphatic carbocycles. The predicted molar refractivity (Wildman–Crippen MR) is 32.6 cm³/mol. The molecule has 0 bridgehead atoms. The summed E-state index contributed by atoms with van der Waals surface area (Å²) in [6.45, 7) is 3.05. The molecule has 0 amide bonds. The average molecular weight is 165 g/mol. The molecule has 64 valence electrons. The number of carboxylic acids is 1. The van der Waals surface area contributed by atoms with Crippen molar-refractivity contribution in [2.24, 2.45) is 0 Å². The quantitative estimate of drug-likeness (QED) is 0.255. The van der Waals surface area contributed by atoms with Gasteiger partial charge in [-0.2, -0.15) is 0 Å². The molecule has 0 radical (unpaired) electrons. The summed E-state index contributed by atoms with van der Waals surface area (Å²) in [6.07, 6.45) is 0. The highest BCUT2D eigenvalue weighted by Crippen LogP contribution is 1.86. The molecule has 0 unspecified atom stereocenters. The molecule has 0 saturated heterocycles. The zero-order chi connectivity index (χ0) is 9.44. The summed E-state index contributed by atoms with van der Waals surface area (Å²) in [6, 6.07) is 0. The van der Waals surface area contributed by atoms with Crippen LogP contribution in [-0.4, -0.2) is 28.5 Å². The van der Waals surface area contributed by atoms with E-state index in [4.69, 9.17) is 20.4 Å². The van der Waals surface area contributed by atoms with Crippen molar-refractivity contribution < 1.29 is 24.9 Å². The van der Waals surface area contributed by atoms with E-state index in [-0.39, 0.29) is 5.76 Å². The van der Waals surface area contributed by atoms with Crippen molar-refractivity contribution in [3.63, 3.8) is 0 Å². The van der Waals surface area contributed by atoms with Crippen LogP contribution in [0.25, 0.3) is 0 Å². The van der Waals surface area contributed by atoms with Gasteiger partial charge in [0.05, 0.1) is 7.11 Å². The Morgan fingerprint density at radius 3 is 2.00 bits per heavy atom. The van der Waals surface area contributed by atoms with Crippen LogP contribution in [0.4, 0.5) is 0 Å². The Bertz CT molecular complexity index is 160. The number of hydrogen-bond donors (Lipinski definition) is 2. The van der Waals surface area contributed by atoms with Gasteiger partial charge in [-0.3, -0.25) is 0 Å². The van der Waals surface area contributed by atoms with E-state index in [0.717, 1.165) is 0 Å². The Balaban J connectivity index is 0. The fourth-order valence-corrected chi connectivity index (χ4v) is 0.0873. The fraction of sp³-hybridized carbons (Fsp3) is 0.250. The van der Waals surface area contributed by atoms with E-state index in [2.05, 4.69) is 11.3 Å². The highest BCUT2D eigenvalue weighted by Gasteiger charge is 1.98. The molecule has 0 heterocycles. The lowest BCUT2D eigenvalue weighted by Gasteiger charge is -1.92. The van der Waals surface area contributed by atoms with Crippen LogP contribution in [0.2, 0.25) is 0 Å². The number of ether oxygens (including phenoxy) is 1. The minimum Gasteiger partial charge on any atom is -0.490 e. The van der Waals surface area contributed by atoms with Crippen molar-refractivity contribution in [1.82, 2.24) is 0 Å². The number of carboxylic acid groups (broad SMARTS) is 1. The van der Waals surface area contributed by atoms with E-state index in [1.54, 1.807) is 0 Å². The second kappa shape index (κ2) is 6.33. The summed E-state index contributed by atoms with van der Waals surface area (Å²) in [5.41, 5.74) is 0.